The smallest absolute Gasteiger partial charge is 0.319 e. The number of aromatic hydroxyl groups is 1. The fourth-order valence-corrected chi connectivity index (χ4v) is 8.32. The number of rotatable bonds is 7. The quantitative estimate of drug-likeness (QED) is 0.176. The summed E-state index contributed by atoms with van der Waals surface area (Å²) in [5.41, 5.74) is -1.55. The fourth-order valence-electron chi connectivity index (χ4n) is 8.32. The predicted octanol–water partition coefficient (Wildman–Crippen LogP) is 5.30. The van der Waals surface area contributed by atoms with Crippen molar-refractivity contribution in [2.24, 2.45) is 12.5 Å². The summed E-state index contributed by atoms with van der Waals surface area (Å²) in [6, 6.07) is 5.16. The molecule has 9 nitrogen and oxygen atoms in total. The molecule has 4 fully saturated rings. The first-order valence-corrected chi connectivity index (χ1v) is 16.6. The number of alkyl halides is 3. The number of hydrogen-bond acceptors (Lipinski definition) is 8. The number of piperazine rings is 1. The minimum absolute atomic E-state index is 0.0319. The number of phenols is 1. The van der Waals surface area contributed by atoms with Crippen molar-refractivity contribution in [3.63, 3.8) is 0 Å². The van der Waals surface area contributed by atoms with Crippen LogP contribution in [0.1, 0.15) is 24.8 Å². The van der Waals surface area contributed by atoms with Gasteiger partial charge in [0.15, 0.2) is 5.82 Å². The van der Waals surface area contributed by atoms with Crippen LogP contribution in [0.3, 0.4) is 0 Å². The first-order valence-electron chi connectivity index (χ1n) is 16.6. The number of terminal acetylenes is 1. The SMILES string of the molecule is C#Cc1c(F)ccc2cc(O)cc(-c3c(F)c4nc(OC[C@]5(CN6CC(F)C6)CC5(F)F)nc(N5[C@@H]6CC[C@H]5CNC6)c4c4cn(C)nc34)c12. The molecule has 0 amide bonds. The van der Waals surface area contributed by atoms with Crippen molar-refractivity contribution in [1.29, 1.82) is 0 Å². The Morgan fingerprint density at radius 3 is 2.50 bits per heavy atom. The highest BCUT2D eigenvalue weighted by molar-refractivity contribution is 6.18. The second kappa shape index (κ2) is 10.9. The van der Waals surface area contributed by atoms with Crippen molar-refractivity contribution in [2.75, 3.05) is 44.2 Å². The number of benzene rings is 3. The van der Waals surface area contributed by atoms with Gasteiger partial charge in [-0.1, -0.05) is 12.0 Å². The molecule has 1 aliphatic carbocycles. The third-order valence-electron chi connectivity index (χ3n) is 10.8. The number of aryl methyl sites for hydroxylation is 1. The topological polar surface area (TPSA) is 91.6 Å². The average Bonchev–Trinajstić information content (AvgIpc) is 3.25. The van der Waals surface area contributed by atoms with E-state index in [2.05, 4.69) is 26.2 Å². The van der Waals surface area contributed by atoms with E-state index in [0.29, 0.717) is 35.1 Å². The van der Waals surface area contributed by atoms with E-state index >= 15 is 8.78 Å². The highest BCUT2D eigenvalue weighted by Gasteiger charge is 2.72. The minimum Gasteiger partial charge on any atom is -0.508 e. The summed E-state index contributed by atoms with van der Waals surface area (Å²) >= 11 is 0. The molecule has 3 saturated heterocycles. The van der Waals surface area contributed by atoms with E-state index in [0.717, 1.165) is 12.8 Å². The lowest BCUT2D eigenvalue weighted by Crippen LogP contribution is -2.52. The molecule has 50 heavy (non-hydrogen) atoms. The van der Waals surface area contributed by atoms with Crippen molar-refractivity contribution in [3.05, 3.63) is 47.7 Å². The van der Waals surface area contributed by atoms with Crippen molar-refractivity contribution < 1.29 is 31.8 Å². The van der Waals surface area contributed by atoms with Crippen molar-refractivity contribution in [3.8, 4) is 35.2 Å². The van der Waals surface area contributed by atoms with Gasteiger partial charge in [-0.2, -0.15) is 15.1 Å². The van der Waals surface area contributed by atoms with Crippen LogP contribution in [0.15, 0.2) is 30.5 Å². The van der Waals surface area contributed by atoms with Gasteiger partial charge in [0, 0.05) is 80.8 Å². The summed E-state index contributed by atoms with van der Waals surface area (Å²) in [7, 11) is 1.69. The molecule has 0 unspecified atom stereocenters. The van der Waals surface area contributed by atoms with Crippen LogP contribution in [-0.4, -0.2) is 93.3 Å². The standard InChI is InChI=1S/C36H32F5N7O2/c1-3-23-26(38)7-4-18-8-22(49)9-24(27(18)23)28-30(39)32-29(25-14-46(2)45-31(25)28)33(48-20-5-6-21(48)11-42-10-20)44-34(43-32)50-17-35(15-36(35,40)41)16-47-12-19(37)13-47/h1,4,7-9,14,19-21,42,49H,5-6,10-13,15-17H2,2H3/t20-,21+,35-/m1/s1. The highest BCUT2D eigenvalue weighted by Crippen LogP contribution is 2.61. The molecule has 258 valence electrons. The summed E-state index contributed by atoms with van der Waals surface area (Å²) in [5.74, 6) is -1.98. The molecule has 3 aromatic carbocycles. The minimum atomic E-state index is -3.02. The zero-order chi connectivity index (χ0) is 34.7. The van der Waals surface area contributed by atoms with Crippen molar-refractivity contribution in [2.45, 2.75) is 43.4 Å². The summed E-state index contributed by atoms with van der Waals surface area (Å²) in [5, 5.41) is 20.3. The molecule has 0 radical (unpaired) electrons. The van der Waals surface area contributed by atoms with Gasteiger partial charge in [-0.3, -0.25) is 9.58 Å². The molecule has 9 rings (SSSR count). The van der Waals surface area contributed by atoms with E-state index < -0.39 is 42.2 Å². The molecule has 5 heterocycles. The van der Waals surface area contributed by atoms with Crippen LogP contribution in [0.5, 0.6) is 11.8 Å². The number of nitrogens with zero attached hydrogens (tertiary/aromatic N) is 6. The van der Waals surface area contributed by atoms with Crippen molar-refractivity contribution in [1.82, 2.24) is 30.0 Å². The monoisotopic (exact) mass is 689 g/mol. The number of phenolic OH excluding ortho intramolecular Hbond substituents is 1. The molecule has 2 bridgehead atoms. The number of fused-ring (bicyclic) bond motifs is 6. The van der Waals surface area contributed by atoms with E-state index in [9.17, 15) is 18.3 Å². The molecule has 1 saturated carbocycles. The van der Waals surface area contributed by atoms with Crippen LogP contribution in [0.25, 0.3) is 43.7 Å². The fraction of sp³-hybridized carbons (Fsp3) is 0.417. The second-order valence-electron chi connectivity index (χ2n) is 14.2. The van der Waals surface area contributed by atoms with Gasteiger partial charge in [0.05, 0.1) is 16.4 Å². The Bertz CT molecular complexity index is 2270. The summed E-state index contributed by atoms with van der Waals surface area (Å²) in [6.45, 7) is 1.03. The van der Waals surface area contributed by atoms with E-state index in [1.54, 1.807) is 18.1 Å². The van der Waals surface area contributed by atoms with Gasteiger partial charge in [-0.25, -0.2) is 22.0 Å². The van der Waals surface area contributed by atoms with E-state index in [1.165, 1.54) is 28.9 Å². The lowest BCUT2D eigenvalue weighted by atomic mass is 9.91. The average molecular weight is 690 g/mol. The Morgan fingerprint density at radius 1 is 1.08 bits per heavy atom. The molecular formula is C36H32F5N7O2. The van der Waals surface area contributed by atoms with Crippen LogP contribution >= 0.6 is 0 Å². The molecular weight excluding hydrogens is 657 g/mol. The van der Waals surface area contributed by atoms with Crippen LogP contribution in [-0.2, 0) is 7.05 Å². The lowest BCUT2D eigenvalue weighted by Gasteiger charge is -2.37. The third-order valence-corrected chi connectivity index (χ3v) is 10.8. The summed E-state index contributed by atoms with van der Waals surface area (Å²) < 4.78 is 83.3. The number of anilines is 1. The maximum absolute atomic E-state index is 17.5. The summed E-state index contributed by atoms with van der Waals surface area (Å²) in [4.78, 5) is 13.1. The highest BCUT2D eigenvalue weighted by atomic mass is 19.3. The number of halogens is 5. The summed E-state index contributed by atoms with van der Waals surface area (Å²) in [6.07, 6.45) is 7.74. The van der Waals surface area contributed by atoms with Crippen LogP contribution in [0, 0.1) is 29.4 Å². The van der Waals surface area contributed by atoms with Crippen LogP contribution in [0.4, 0.5) is 27.8 Å². The Morgan fingerprint density at radius 2 is 1.82 bits per heavy atom. The Labute approximate surface area is 283 Å². The molecule has 3 atom stereocenters. The van der Waals surface area contributed by atoms with Crippen LogP contribution < -0.4 is 15.0 Å². The van der Waals surface area contributed by atoms with Gasteiger partial charge in [-0.05, 0) is 42.0 Å². The van der Waals surface area contributed by atoms with E-state index in [4.69, 9.17) is 16.1 Å². The van der Waals surface area contributed by atoms with Gasteiger partial charge in [-0.15, -0.1) is 6.42 Å². The maximum Gasteiger partial charge on any atom is 0.319 e. The van der Waals surface area contributed by atoms with Gasteiger partial charge >= 0.3 is 6.01 Å². The number of ether oxygens (including phenoxy) is 1. The maximum atomic E-state index is 17.5. The zero-order valence-corrected chi connectivity index (χ0v) is 27.0. The predicted molar refractivity (Wildman–Crippen MR) is 177 cm³/mol. The lowest BCUT2D eigenvalue weighted by molar-refractivity contribution is -0.0118. The number of likely N-dealkylation sites (tertiary alicyclic amines) is 1. The number of hydrogen-bond donors (Lipinski definition) is 2. The van der Waals surface area contributed by atoms with E-state index in [1.807, 2.05) is 0 Å². The van der Waals surface area contributed by atoms with Gasteiger partial charge in [0.25, 0.3) is 5.92 Å². The Kier molecular flexibility index (Phi) is 6.80. The number of nitrogens with one attached hydrogen (secondary N) is 1. The second-order valence-corrected chi connectivity index (χ2v) is 14.2. The molecule has 5 aromatic rings. The number of aromatic nitrogens is 4. The molecule has 2 N–H and O–H groups in total. The first-order chi connectivity index (χ1) is 24.0. The van der Waals surface area contributed by atoms with Gasteiger partial charge in [0.1, 0.15) is 41.2 Å². The Hall–Kier alpha value is -4.74. The molecule has 14 heteroatoms. The van der Waals surface area contributed by atoms with Crippen LogP contribution in [0.2, 0.25) is 0 Å². The Balaban J connectivity index is 1.27. The zero-order valence-electron chi connectivity index (χ0n) is 27.0. The molecule has 3 aliphatic heterocycles. The largest absolute Gasteiger partial charge is 0.508 e. The van der Waals surface area contributed by atoms with Gasteiger partial charge < -0.3 is 20.1 Å². The molecule has 4 aliphatic rings. The van der Waals surface area contributed by atoms with Gasteiger partial charge in [0.2, 0.25) is 0 Å². The normalized spacial score (nSPS) is 24.6. The third kappa shape index (κ3) is 4.62. The molecule has 2 aromatic heterocycles. The molecule has 0 spiro atoms. The first kappa shape index (κ1) is 31.3. The van der Waals surface area contributed by atoms with E-state index in [-0.39, 0.29) is 76.6 Å². The van der Waals surface area contributed by atoms with Crippen molar-refractivity contribution >= 4 is 38.4 Å².